The molecular weight excluding hydrogens is 378 g/mol. The van der Waals surface area contributed by atoms with Crippen molar-refractivity contribution in [3.63, 3.8) is 0 Å². The number of anilines is 1. The number of nitrogens with zero attached hydrogens (tertiary/aromatic N) is 3. The number of carbonyl (C=O) groups is 1. The van der Waals surface area contributed by atoms with Crippen LogP contribution in [0.15, 0.2) is 30.6 Å². The molecule has 0 fully saturated rings. The highest BCUT2D eigenvalue weighted by Gasteiger charge is 2.18. The van der Waals surface area contributed by atoms with E-state index in [0.29, 0.717) is 38.7 Å². The summed E-state index contributed by atoms with van der Waals surface area (Å²) in [7, 11) is 0. The highest BCUT2D eigenvalue weighted by atomic mass is 35.5. The summed E-state index contributed by atoms with van der Waals surface area (Å²) in [5, 5.41) is 23.6. The Morgan fingerprint density at radius 2 is 2.18 bits per heavy atom. The van der Waals surface area contributed by atoms with Crippen LogP contribution < -0.4 is 10.6 Å². The zero-order valence-corrected chi connectivity index (χ0v) is 16.1. The van der Waals surface area contributed by atoms with Crippen LogP contribution in [0, 0.1) is 16.7 Å². The van der Waals surface area contributed by atoms with E-state index in [2.05, 4.69) is 25.6 Å². The van der Waals surface area contributed by atoms with E-state index < -0.39 is 0 Å². The minimum absolute atomic E-state index is 0.0188. The second-order valence-corrected chi connectivity index (χ2v) is 6.80. The van der Waals surface area contributed by atoms with Gasteiger partial charge in [-0.3, -0.25) is 10.2 Å². The van der Waals surface area contributed by atoms with Gasteiger partial charge in [0, 0.05) is 28.5 Å². The first-order chi connectivity index (χ1) is 13.4. The van der Waals surface area contributed by atoms with Crippen molar-refractivity contribution in [2.75, 3.05) is 11.9 Å². The second-order valence-electron chi connectivity index (χ2n) is 6.36. The number of fused-ring (bicyclic) bond motifs is 1. The first-order valence-electron chi connectivity index (χ1n) is 8.55. The van der Waals surface area contributed by atoms with Gasteiger partial charge in [-0.1, -0.05) is 11.6 Å². The van der Waals surface area contributed by atoms with Crippen molar-refractivity contribution in [1.82, 2.24) is 20.3 Å². The summed E-state index contributed by atoms with van der Waals surface area (Å²) in [4.78, 5) is 24.1. The Morgan fingerprint density at radius 1 is 1.39 bits per heavy atom. The Morgan fingerprint density at radius 3 is 2.89 bits per heavy atom. The molecule has 4 N–H and O–H groups in total. The number of halogens is 1. The number of nitrogens with one attached hydrogen (secondary N) is 4. The molecule has 2 aromatic heterocycles. The lowest BCUT2D eigenvalue weighted by Crippen LogP contribution is -2.30. The van der Waals surface area contributed by atoms with E-state index in [9.17, 15) is 4.79 Å². The third kappa shape index (κ3) is 3.94. The molecule has 142 valence electrons. The smallest absolute Gasteiger partial charge is 0.255 e. The Hall–Kier alpha value is -3.44. The summed E-state index contributed by atoms with van der Waals surface area (Å²) < 4.78 is 0. The van der Waals surface area contributed by atoms with Crippen molar-refractivity contribution in [3.8, 4) is 6.07 Å². The third-order valence-electron chi connectivity index (χ3n) is 3.91. The predicted molar refractivity (Wildman–Crippen MR) is 108 cm³/mol. The molecule has 28 heavy (non-hydrogen) atoms. The van der Waals surface area contributed by atoms with Crippen molar-refractivity contribution in [2.24, 2.45) is 0 Å². The van der Waals surface area contributed by atoms with Gasteiger partial charge in [-0.15, -0.1) is 0 Å². The highest BCUT2D eigenvalue weighted by molar-refractivity contribution is 6.31. The van der Waals surface area contributed by atoms with Gasteiger partial charge in [0.25, 0.3) is 5.91 Å². The number of aromatic nitrogens is 3. The van der Waals surface area contributed by atoms with Crippen molar-refractivity contribution in [1.29, 1.82) is 10.7 Å². The van der Waals surface area contributed by atoms with Crippen LogP contribution >= 0.6 is 11.6 Å². The summed E-state index contributed by atoms with van der Waals surface area (Å²) in [5.74, 6) is -0.262. The number of hydrogen-bond donors (Lipinski definition) is 4. The van der Waals surface area contributed by atoms with Gasteiger partial charge in [0.2, 0.25) is 0 Å². The van der Waals surface area contributed by atoms with Gasteiger partial charge >= 0.3 is 0 Å². The molecule has 0 bridgehead atoms. The lowest BCUT2D eigenvalue weighted by atomic mass is 10.1. The maximum atomic E-state index is 12.4. The molecule has 0 saturated carbocycles. The minimum Gasteiger partial charge on any atom is -0.372 e. The molecule has 0 atom stereocenters. The predicted octanol–water partition coefficient (Wildman–Crippen LogP) is 3.10. The molecule has 1 aromatic carbocycles. The maximum absolute atomic E-state index is 12.4. The average molecular weight is 396 g/mol. The normalized spacial score (nSPS) is 10.7. The molecule has 9 heteroatoms. The summed E-state index contributed by atoms with van der Waals surface area (Å²) in [5.41, 5.74) is 2.69. The van der Waals surface area contributed by atoms with Gasteiger partial charge in [0.1, 0.15) is 17.8 Å². The number of carbonyl (C=O) groups excluding carboxylic acids is 1. The Balaban J connectivity index is 2.01. The molecule has 0 spiro atoms. The molecule has 0 saturated heterocycles. The standard InChI is InChI=1S/C19H18ClN7O/c1-10(2)26-19(28)13-8-24-18-17(13)27-15(9-25-18)16(22)12-4-3-11(20)7-14(12)23-6-5-21/h3-4,7-10,22-23H,6H2,1-2H3,(H,24,25)(H,26,28). The van der Waals surface area contributed by atoms with Crippen LogP contribution in [0.25, 0.3) is 11.2 Å². The number of hydrogen-bond acceptors (Lipinski definition) is 6. The molecule has 2 heterocycles. The van der Waals surface area contributed by atoms with Crippen LogP contribution in [0.2, 0.25) is 5.02 Å². The van der Waals surface area contributed by atoms with Crippen molar-refractivity contribution < 1.29 is 4.79 Å². The minimum atomic E-state index is -0.262. The SMILES string of the molecule is CC(C)NC(=O)c1c[nH]c2ncc(C(=N)c3ccc(Cl)cc3NCC#N)nc12. The fraction of sp³-hybridized carbons (Fsp3) is 0.211. The topological polar surface area (TPSA) is 130 Å². The van der Waals surface area contributed by atoms with E-state index >= 15 is 0 Å². The van der Waals surface area contributed by atoms with Crippen molar-refractivity contribution in [3.05, 3.63) is 52.4 Å². The van der Waals surface area contributed by atoms with Gasteiger partial charge < -0.3 is 15.6 Å². The molecule has 0 radical (unpaired) electrons. The van der Waals surface area contributed by atoms with E-state index in [4.69, 9.17) is 22.3 Å². The molecular formula is C19H18ClN7O. The largest absolute Gasteiger partial charge is 0.372 e. The molecule has 3 aromatic rings. The molecule has 0 unspecified atom stereocenters. The van der Waals surface area contributed by atoms with Gasteiger partial charge in [0.15, 0.2) is 5.65 Å². The molecule has 0 aliphatic carbocycles. The van der Waals surface area contributed by atoms with E-state index in [1.54, 1.807) is 24.4 Å². The first-order valence-corrected chi connectivity index (χ1v) is 8.93. The number of H-pyrrole nitrogens is 1. The van der Waals surface area contributed by atoms with Crippen LogP contribution in [-0.2, 0) is 0 Å². The fourth-order valence-corrected chi connectivity index (χ4v) is 2.85. The Kier molecular flexibility index (Phi) is 5.57. The molecule has 0 aliphatic heterocycles. The summed E-state index contributed by atoms with van der Waals surface area (Å²) in [6, 6.07) is 6.96. The van der Waals surface area contributed by atoms with E-state index in [-0.39, 0.29) is 24.2 Å². The van der Waals surface area contributed by atoms with Gasteiger partial charge in [-0.25, -0.2) is 9.97 Å². The molecule has 1 amide bonds. The van der Waals surface area contributed by atoms with Gasteiger partial charge in [-0.05, 0) is 32.0 Å². The first kappa shape index (κ1) is 19.3. The van der Waals surface area contributed by atoms with E-state index in [1.165, 1.54) is 6.20 Å². The lowest BCUT2D eigenvalue weighted by molar-refractivity contribution is 0.0944. The number of aromatic amines is 1. The van der Waals surface area contributed by atoms with Crippen LogP contribution in [-0.4, -0.2) is 39.2 Å². The van der Waals surface area contributed by atoms with Crippen molar-refractivity contribution >= 4 is 40.1 Å². The van der Waals surface area contributed by atoms with Crippen LogP contribution in [0.5, 0.6) is 0 Å². The summed E-state index contributed by atoms with van der Waals surface area (Å²) in [6.45, 7) is 3.81. The van der Waals surface area contributed by atoms with E-state index in [0.717, 1.165) is 0 Å². The zero-order chi connectivity index (χ0) is 20.3. The number of nitriles is 1. The second kappa shape index (κ2) is 8.06. The van der Waals surface area contributed by atoms with Gasteiger partial charge in [-0.2, -0.15) is 5.26 Å². The summed E-state index contributed by atoms with van der Waals surface area (Å²) in [6.07, 6.45) is 3.02. The average Bonchev–Trinajstić information content (AvgIpc) is 3.08. The van der Waals surface area contributed by atoms with Crippen LogP contribution in [0.1, 0.15) is 35.5 Å². The van der Waals surface area contributed by atoms with E-state index in [1.807, 2.05) is 19.9 Å². The lowest BCUT2D eigenvalue weighted by Gasteiger charge is -2.12. The van der Waals surface area contributed by atoms with Crippen LogP contribution in [0.3, 0.4) is 0 Å². The van der Waals surface area contributed by atoms with Gasteiger partial charge in [0.05, 0.1) is 23.5 Å². The number of rotatable bonds is 6. The zero-order valence-electron chi connectivity index (χ0n) is 15.3. The molecule has 3 rings (SSSR count). The van der Waals surface area contributed by atoms with Crippen molar-refractivity contribution in [2.45, 2.75) is 19.9 Å². The maximum Gasteiger partial charge on any atom is 0.255 e. The number of benzene rings is 1. The molecule has 0 aliphatic rings. The third-order valence-corrected chi connectivity index (χ3v) is 4.15. The monoisotopic (exact) mass is 395 g/mol. The Labute approximate surface area is 166 Å². The highest BCUT2D eigenvalue weighted by Crippen LogP contribution is 2.24. The Bertz CT molecular complexity index is 1100. The summed E-state index contributed by atoms with van der Waals surface area (Å²) >= 11 is 6.04. The fourth-order valence-electron chi connectivity index (χ4n) is 2.68. The quantitative estimate of drug-likeness (QED) is 0.376. The molecule has 8 nitrogen and oxygen atoms in total. The number of amides is 1. The van der Waals surface area contributed by atoms with Crippen LogP contribution in [0.4, 0.5) is 5.69 Å².